The molecule has 0 amide bonds. The Morgan fingerprint density at radius 3 is 0.778 bits per heavy atom. The first-order chi connectivity index (χ1) is 2.41. The van der Waals surface area contributed by atoms with Crippen molar-refractivity contribution in [1.29, 1.82) is 0 Å². The third kappa shape index (κ3) is 214. The largest absolute Gasteiger partial charge is 0 e. The maximum Gasteiger partial charge on any atom is 0 e. The molecule has 0 fully saturated rings. The van der Waals surface area contributed by atoms with Crippen molar-refractivity contribution in [3.05, 3.63) is 0 Å². The molecule has 0 aliphatic carbocycles. The van der Waals surface area contributed by atoms with Crippen molar-refractivity contribution >= 4 is 0 Å². The maximum absolute atomic E-state index is 9.83. The summed E-state index contributed by atoms with van der Waals surface area (Å²) in [5, 5.41) is 0. The van der Waals surface area contributed by atoms with Crippen LogP contribution in [0.1, 0.15) is 0 Å². The first-order valence-electron chi connectivity index (χ1n) is 0.521. The third-order valence-electron chi connectivity index (χ3n) is 0. The molecule has 0 rings (SSSR count). The summed E-state index contributed by atoms with van der Waals surface area (Å²) in [6, 6.07) is 0. The Hall–Kier alpha value is 1.61. The second-order valence-corrected chi connectivity index (χ2v) is 0.666. The van der Waals surface area contributed by atoms with E-state index in [1.165, 1.54) is 0 Å². The molecule has 0 bridgehead atoms. The molecule has 0 atom stereocenters. The number of hydrogen-bond acceptors (Lipinski definition) is 0. The molecule has 0 nitrogen and oxygen atoms in total. The van der Waals surface area contributed by atoms with Crippen molar-refractivity contribution in [3.8, 4) is 0 Å². The van der Waals surface area contributed by atoms with Crippen LogP contribution in [0.3, 0.4) is 0 Å². The molecule has 0 heterocycles. The van der Waals surface area contributed by atoms with Gasteiger partial charge in [0, 0.05) is 40.3 Å². The second kappa shape index (κ2) is 104. The van der Waals surface area contributed by atoms with Gasteiger partial charge in [0.1, 0.15) is 0 Å². The Kier molecular flexibility index (Phi) is 535. The molecule has 60 valence electrons. The zero-order chi connectivity index (χ0) is 4.71. The van der Waals surface area contributed by atoms with Gasteiger partial charge in [-0.05, 0) is 0 Å². The van der Waals surface area contributed by atoms with Crippen LogP contribution >= 0.6 is 0 Å². The summed E-state index contributed by atoms with van der Waals surface area (Å²) in [6.07, 6.45) is 0. The third-order valence-corrected chi connectivity index (χ3v) is 0. The fourth-order valence-electron chi connectivity index (χ4n) is 0. The Labute approximate surface area is 86.7 Å². The second-order valence-electron chi connectivity index (χ2n) is 0.0714. The van der Waals surface area contributed by atoms with Gasteiger partial charge in [-0.25, -0.2) is 0 Å². The van der Waals surface area contributed by atoms with E-state index in [1.54, 1.807) is 0 Å². The van der Waals surface area contributed by atoms with Gasteiger partial charge in [-0.15, -0.1) is 0 Å². The molecule has 0 radical (unpaired) electrons. The van der Waals surface area contributed by atoms with Gasteiger partial charge in [-0.3, -0.25) is 14.1 Å². The summed E-state index contributed by atoms with van der Waals surface area (Å²) in [5.41, 5.74) is 0. The van der Waals surface area contributed by atoms with Crippen LogP contribution in [0.5, 0.6) is 0 Å². The van der Waals surface area contributed by atoms with Crippen LogP contribution in [0.2, 0.25) is 0 Å². The predicted molar refractivity (Wildman–Crippen MR) is 11.9 cm³/mol. The smallest absolute Gasteiger partial charge is 0 e. The Morgan fingerprint density at radius 2 is 0.778 bits per heavy atom. The molecule has 0 aliphatic heterocycles. The Morgan fingerprint density at radius 1 is 0.778 bits per heavy atom. The van der Waals surface area contributed by atoms with Crippen LogP contribution in [0.15, 0.2) is 0 Å². The summed E-state index contributed by atoms with van der Waals surface area (Å²) in [6.45, 7) is 0. The molecule has 0 saturated heterocycles. The van der Waals surface area contributed by atoms with Gasteiger partial charge in [-0.1, -0.05) is 0 Å². The zero-order valence-corrected chi connectivity index (χ0v) is 12.1. The van der Waals surface area contributed by atoms with E-state index in [0.29, 0.717) is 0 Å². The molecule has 9 heavy (non-hydrogen) atoms. The van der Waals surface area contributed by atoms with Crippen molar-refractivity contribution in [3.63, 3.8) is 0 Å². The summed E-state index contributed by atoms with van der Waals surface area (Å²) < 4.78 is 35.7. The van der Waals surface area contributed by atoms with Crippen molar-refractivity contribution in [2.75, 3.05) is 0 Å². The van der Waals surface area contributed by atoms with Gasteiger partial charge in [0.15, 0.2) is 0 Å². The summed E-state index contributed by atoms with van der Waals surface area (Å²) >= 11 is -3.01. The molecular weight excluding hydrogens is 609 g/mol. The minimum Gasteiger partial charge on any atom is 0 e. The molecule has 0 aromatic rings. The molecule has 0 aromatic heterocycles. The number of rotatable bonds is 0. The van der Waals surface area contributed by atoms with Gasteiger partial charge in [0.25, 0.3) is 0 Å². The summed E-state index contributed by atoms with van der Waals surface area (Å²) in [7, 11) is 0. The van der Waals surface area contributed by atoms with Crippen LogP contribution in [-0.4, -0.2) is 0 Å². The SMILES string of the molecule is F.F.F.FF.[F][U][F].[U]. The molecular formula is H3F7U2. The summed E-state index contributed by atoms with van der Waals surface area (Å²) in [4.78, 5) is 0. The fourth-order valence-corrected chi connectivity index (χ4v) is 0. The van der Waals surface area contributed by atoms with E-state index in [9.17, 15) is 4.20 Å². The van der Waals surface area contributed by atoms with Crippen LogP contribution < -0.4 is 0 Å². The molecule has 0 aliphatic rings. The monoisotopic (exact) mass is 612 g/mol. The first-order valence-corrected chi connectivity index (χ1v) is 3.67. The van der Waals surface area contributed by atoms with Crippen molar-refractivity contribution in [2.45, 2.75) is 0 Å². The van der Waals surface area contributed by atoms with Gasteiger partial charge < -0.3 is 0 Å². The van der Waals surface area contributed by atoms with Crippen LogP contribution in [0.4, 0.5) is 27.5 Å². The van der Waals surface area contributed by atoms with Gasteiger partial charge >= 0.3 is 33.3 Å². The van der Waals surface area contributed by atoms with E-state index in [0.717, 1.165) is 0 Å². The summed E-state index contributed by atoms with van der Waals surface area (Å²) in [5.74, 6) is 0. The maximum atomic E-state index is 9.83. The fraction of sp³-hybridized carbons (Fsp3) is 0. The van der Waals surface area contributed by atoms with E-state index in [1.807, 2.05) is 0 Å². The van der Waals surface area contributed by atoms with E-state index < -0.39 is 29.1 Å². The Balaban J connectivity index is -0.00000000357. The van der Waals surface area contributed by atoms with E-state index in [-0.39, 0.29) is 45.2 Å². The molecule has 0 aromatic carbocycles. The van der Waals surface area contributed by atoms with Crippen LogP contribution in [0, 0.1) is 60.2 Å². The average molecular weight is 612 g/mol. The number of halogens is 7. The molecule has 0 saturated carbocycles. The predicted octanol–water partition coefficient (Wildman–Crippen LogP) is 2.14. The van der Waals surface area contributed by atoms with Crippen LogP contribution in [0.25, 0.3) is 0 Å². The average Bonchev–Trinajstić information content (AvgIpc) is 1.46. The van der Waals surface area contributed by atoms with E-state index >= 15 is 0 Å². The first kappa shape index (κ1) is 46.1. The van der Waals surface area contributed by atoms with Gasteiger partial charge in [-0.2, -0.15) is 0 Å². The topological polar surface area (TPSA) is 0 Å². The van der Waals surface area contributed by atoms with Gasteiger partial charge in [0.2, 0.25) is 0 Å². The molecule has 0 N–H and O–H groups in total. The van der Waals surface area contributed by atoms with E-state index in [4.69, 9.17) is 9.15 Å². The van der Waals surface area contributed by atoms with Gasteiger partial charge in [0.05, 0.1) is 0 Å². The minimum atomic E-state index is -3.01. The van der Waals surface area contributed by atoms with Crippen molar-refractivity contribution < 1.29 is 87.7 Å². The quantitative estimate of drug-likeness (QED) is 0.369. The van der Waals surface area contributed by atoms with Crippen LogP contribution in [-0.2, 0) is 0 Å². The molecule has 0 unspecified atom stereocenters. The van der Waals surface area contributed by atoms with Crippen molar-refractivity contribution in [2.24, 2.45) is 0 Å². The normalized spacial score (nSPS) is 1.78. The molecule has 9 heteroatoms. The Bertz CT molecular complexity index is 6.88. The minimum absolute atomic E-state index is 0. The van der Waals surface area contributed by atoms with Crippen molar-refractivity contribution in [1.82, 2.24) is 0 Å². The standard InChI is InChI=1S/F2.5FH.2U/c1-2;;;;;;;/h;5*1H;;/q;;;;;;;+2/p-2. The zero-order valence-electron chi connectivity index (χ0n) is 3.74. The molecule has 0 spiro atoms. The number of hydrogen-bond donors (Lipinski definition) is 0. The van der Waals surface area contributed by atoms with E-state index in [2.05, 4.69) is 0 Å².